The Kier molecular flexibility index (Phi) is 11.3. The first-order chi connectivity index (χ1) is 21.2. The van der Waals surface area contributed by atoms with Crippen molar-refractivity contribution in [2.75, 3.05) is 53.5 Å². The molecule has 44 heavy (non-hydrogen) atoms. The molecule has 3 aromatic heterocycles. The lowest BCUT2D eigenvalue weighted by Crippen LogP contribution is -2.38. The topological polar surface area (TPSA) is 114 Å². The number of fused-ring (bicyclic) bond motifs is 1. The van der Waals surface area contributed by atoms with Gasteiger partial charge < -0.3 is 24.2 Å². The molecule has 4 rings (SSSR count). The van der Waals surface area contributed by atoms with Crippen LogP contribution in [0.5, 0.6) is 17.5 Å². The number of thioether (sulfide) groups is 2. The van der Waals surface area contributed by atoms with E-state index in [0.29, 0.717) is 52.7 Å². The predicted molar refractivity (Wildman–Crippen MR) is 176 cm³/mol. The molecule has 0 unspecified atom stereocenters. The molecule has 0 amide bonds. The van der Waals surface area contributed by atoms with Gasteiger partial charge in [0.1, 0.15) is 5.60 Å². The van der Waals surface area contributed by atoms with Crippen molar-refractivity contribution < 1.29 is 19.3 Å². The third-order valence-corrected chi connectivity index (χ3v) is 8.92. The Labute approximate surface area is 268 Å². The zero-order valence-electron chi connectivity index (χ0n) is 26.2. The summed E-state index contributed by atoms with van der Waals surface area (Å²) in [4.78, 5) is 16.1. The zero-order chi connectivity index (χ0) is 31.9. The minimum absolute atomic E-state index is 0.295. The lowest BCUT2D eigenvalue weighted by Gasteiger charge is -2.39. The molecule has 232 valence electrons. The highest BCUT2D eigenvalue weighted by atomic mass is 32.2. The Bertz CT molecular complexity index is 1620. The van der Waals surface area contributed by atoms with E-state index in [1.54, 1.807) is 62.1 Å². The summed E-state index contributed by atoms with van der Waals surface area (Å²) >= 11 is 3.26. The number of ether oxygens (including phenoxy) is 3. The summed E-state index contributed by atoms with van der Waals surface area (Å²) in [5, 5.41) is 25.4. The average Bonchev–Trinajstić information content (AvgIpc) is 3.03. The average molecular weight is 634 g/mol. The van der Waals surface area contributed by atoms with Gasteiger partial charge in [-0.3, -0.25) is 0 Å². The van der Waals surface area contributed by atoms with E-state index in [1.807, 2.05) is 43.3 Å². The van der Waals surface area contributed by atoms with Crippen LogP contribution in [-0.4, -0.2) is 78.4 Å². The highest BCUT2D eigenvalue weighted by molar-refractivity contribution is 7.99. The van der Waals surface area contributed by atoms with Crippen LogP contribution in [-0.2, 0) is 5.60 Å². The molecule has 1 N–H and O–H groups in total. The van der Waals surface area contributed by atoms with E-state index in [0.717, 1.165) is 32.5 Å². The first-order valence-electron chi connectivity index (χ1n) is 14.3. The lowest BCUT2D eigenvalue weighted by molar-refractivity contribution is 0.00259. The number of methoxy groups -OCH3 is 3. The molecule has 0 radical (unpaired) electrons. The Morgan fingerprint density at radius 1 is 0.909 bits per heavy atom. The minimum Gasteiger partial charge on any atom is -0.491 e. The first kappa shape index (κ1) is 33.3. The van der Waals surface area contributed by atoms with Crippen LogP contribution in [0.4, 0.5) is 0 Å². The fourth-order valence-electron chi connectivity index (χ4n) is 5.34. The van der Waals surface area contributed by atoms with Crippen molar-refractivity contribution in [3.63, 3.8) is 0 Å². The van der Waals surface area contributed by atoms with Crippen molar-refractivity contribution >= 4 is 34.4 Å². The van der Waals surface area contributed by atoms with Gasteiger partial charge in [0.05, 0.1) is 54.4 Å². The summed E-state index contributed by atoms with van der Waals surface area (Å²) in [7, 11) is 8.63. The molecule has 0 saturated heterocycles. The standard InChI is InChI=1S/C33H39N5O4S2/c1-8-43-27-18-23(19-28(37-27)44-9-2)33(39,13-15-38(3)4)29(24-12-14-35-32(42-7)30(24)40-5)25-17-22-16-21(20-34)10-11-26(22)36-31(25)41-6/h10-12,14,16-19,29,39H,8-9,13,15H2,1-7H3/t29-,33-/m1/s1. The van der Waals surface area contributed by atoms with Crippen LogP contribution in [0.15, 0.2) is 58.7 Å². The summed E-state index contributed by atoms with van der Waals surface area (Å²) < 4.78 is 17.4. The molecule has 0 spiro atoms. The monoisotopic (exact) mass is 633 g/mol. The number of benzene rings is 1. The molecule has 0 fully saturated rings. The Hall–Kier alpha value is -3.56. The van der Waals surface area contributed by atoms with Crippen molar-refractivity contribution in [3.05, 3.63) is 70.9 Å². The second kappa shape index (κ2) is 14.9. The van der Waals surface area contributed by atoms with Gasteiger partial charge in [-0.15, -0.1) is 23.5 Å². The third-order valence-electron chi connectivity index (χ3n) is 7.33. The Balaban J connectivity index is 2.15. The van der Waals surface area contributed by atoms with Gasteiger partial charge in [-0.05, 0) is 80.0 Å². The van der Waals surface area contributed by atoms with Gasteiger partial charge in [-0.25, -0.2) is 15.0 Å². The zero-order valence-corrected chi connectivity index (χ0v) is 27.9. The molecule has 1 aromatic carbocycles. The molecule has 3 heterocycles. The summed E-state index contributed by atoms with van der Waals surface area (Å²) in [6.07, 6.45) is 2.00. The largest absolute Gasteiger partial charge is 0.491 e. The van der Waals surface area contributed by atoms with Crippen molar-refractivity contribution in [2.45, 2.75) is 41.8 Å². The van der Waals surface area contributed by atoms with Crippen LogP contribution in [0, 0.1) is 11.3 Å². The molecular weight excluding hydrogens is 595 g/mol. The molecule has 0 aliphatic carbocycles. The number of hydrogen-bond donors (Lipinski definition) is 1. The molecule has 4 aromatic rings. The van der Waals surface area contributed by atoms with Gasteiger partial charge in [-0.2, -0.15) is 5.26 Å². The molecule has 0 bridgehead atoms. The summed E-state index contributed by atoms with van der Waals surface area (Å²) in [5.41, 5.74) is 1.68. The van der Waals surface area contributed by atoms with Gasteiger partial charge in [0.15, 0.2) is 5.75 Å². The highest BCUT2D eigenvalue weighted by Crippen LogP contribution is 2.51. The SMILES string of the molecule is CCSc1cc([C@](O)(CCN(C)C)[C@@H](c2cc3cc(C#N)ccc3nc2OC)c2ccnc(OC)c2OC)cc(SCC)n1. The molecule has 2 atom stereocenters. The van der Waals surface area contributed by atoms with E-state index < -0.39 is 11.5 Å². The molecule has 0 saturated carbocycles. The second-order valence-corrected chi connectivity index (χ2v) is 12.9. The van der Waals surface area contributed by atoms with E-state index in [4.69, 9.17) is 24.2 Å². The third kappa shape index (κ3) is 7.05. The van der Waals surface area contributed by atoms with Crippen LogP contribution in [0.2, 0.25) is 0 Å². The molecule has 0 aliphatic rings. The van der Waals surface area contributed by atoms with Gasteiger partial charge in [0.25, 0.3) is 5.88 Å². The van der Waals surface area contributed by atoms with E-state index in [1.165, 1.54) is 7.11 Å². The minimum atomic E-state index is -1.51. The quantitative estimate of drug-likeness (QED) is 0.162. The Morgan fingerprint density at radius 3 is 2.16 bits per heavy atom. The Morgan fingerprint density at radius 2 is 1.59 bits per heavy atom. The van der Waals surface area contributed by atoms with Crippen molar-refractivity contribution in [1.29, 1.82) is 5.26 Å². The van der Waals surface area contributed by atoms with Crippen LogP contribution >= 0.6 is 23.5 Å². The van der Waals surface area contributed by atoms with Gasteiger partial charge in [0, 0.05) is 29.3 Å². The fourth-order valence-corrected chi connectivity index (χ4v) is 6.74. The number of rotatable bonds is 14. The number of nitriles is 1. The van der Waals surface area contributed by atoms with E-state index in [-0.39, 0.29) is 0 Å². The van der Waals surface area contributed by atoms with Crippen LogP contribution in [0.1, 0.15) is 48.4 Å². The predicted octanol–water partition coefficient (Wildman–Crippen LogP) is 6.12. The van der Waals surface area contributed by atoms with Gasteiger partial charge in [-0.1, -0.05) is 13.8 Å². The number of aromatic nitrogens is 3. The molecule has 0 aliphatic heterocycles. The first-order valence-corrected chi connectivity index (χ1v) is 16.3. The van der Waals surface area contributed by atoms with Crippen LogP contribution in [0.3, 0.4) is 0 Å². The van der Waals surface area contributed by atoms with Gasteiger partial charge >= 0.3 is 0 Å². The molecule has 9 nitrogen and oxygen atoms in total. The normalized spacial score (nSPS) is 13.4. The smallest absolute Gasteiger partial charge is 0.257 e. The maximum atomic E-state index is 13.3. The summed E-state index contributed by atoms with van der Waals surface area (Å²) in [6, 6.07) is 15.3. The number of nitrogens with zero attached hydrogens (tertiary/aromatic N) is 5. The fraction of sp³-hybridized carbons (Fsp3) is 0.394. The summed E-state index contributed by atoms with van der Waals surface area (Å²) in [5.74, 6) is 1.97. The van der Waals surface area contributed by atoms with Crippen molar-refractivity contribution in [3.8, 4) is 23.6 Å². The number of hydrogen-bond acceptors (Lipinski definition) is 11. The van der Waals surface area contributed by atoms with Crippen LogP contribution in [0.25, 0.3) is 10.9 Å². The van der Waals surface area contributed by atoms with Gasteiger partial charge in [0.2, 0.25) is 5.88 Å². The highest BCUT2D eigenvalue weighted by Gasteiger charge is 2.45. The van der Waals surface area contributed by atoms with E-state index in [2.05, 4.69) is 24.9 Å². The van der Waals surface area contributed by atoms with E-state index >= 15 is 0 Å². The summed E-state index contributed by atoms with van der Waals surface area (Å²) in [6.45, 7) is 4.75. The van der Waals surface area contributed by atoms with Crippen LogP contribution < -0.4 is 14.2 Å². The number of aliphatic hydroxyl groups is 1. The maximum absolute atomic E-state index is 13.3. The maximum Gasteiger partial charge on any atom is 0.257 e. The lowest BCUT2D eigenvalue weighted by atomic mass is 9.71. The molecule has 11 heteroatoms. The second-order valence-electron chi connectivity index (χ2n) is 10.4. The number of pyridine rings is 3. The van der Waals surface area contributed by atoms with Crippen molar-refractivity contribution in [1.82, 2.24) is 19.9 Å². The van der Waals surface area contributed by atoms with E-state index in [9.17, 15) is 10.4 Å². The molecular formula is C33H39N5O4S2. The van der Waals surface area contributed by atoms with Crippen molar-refractivity contribution in [2.24, 2.45) is 0 Å².